The summed E-state index contributed by atoms with van der Waals surface area (Å²) < 4.78 is 0.605. The summed E-state index contributed by atoms with van der Waals surface area (Å²) in [4.78, 5) is 25.1. The van der Waals surface area contributed by atoms with Crippen LogP contribution in [-0.4, -0.2) is 48.4 Å². The van der Waals surface area contributed by atoms with Gasteiger partial charge < -0.3 is 14.7 Å². The lowest BCUT2D eigenvalue weighted by atomic mass is 9.69. The lowest BCUT2D eigenvalue weighted by molar-refractivity contribution is -0.121. The van der Waals surface area contributed by atoms with E-state index in [4.69, 9.17) is 12.2 Å². The summed E-state index contributed by atoms with van der Waals surface area (Å²) in [7, 11) is 1.75. The lowest BCUT2D eigenvalue weighted by Crippen LogP contribution is -2.45. The minimum absolute atomic E-state index is 0.0268. The minimum atomic E-state index is -0.0268. The molecule has 1 amide bonds. The Kier molecular flexibility index (Phi) is 8.55. The molecule has 5 nitrogen and oxygen atoms in total. The summed E-state index contributed by atoms with van der Waals surface area (Å²) in [5.41, 5.74) is 14.1. The predicted molar refractivity (Wildman–Crippen MR) is 240 cm³/mol. The van der Waals surface area contributed by atoms with E-state index in [9.17, 15) is 4.79 Å². The number of thioether (sulfide) groups is 1. The zero-order chi connectivity index (χ0) is 38.8. The fraction of sp³-hybridized carbons (Fsp3) is 0.447. The highest BCUT2D eigenvalue weighted by Crippen LogP contribution is 2.55. The van der Waals surface area contributed by atoms with Crippen molar-refractivity contribution in [2.45, 2.75) is 103 Å². The quantitative estimate of drug-likeness (QED) is 0.148. The Morgan fingerprint density at radius 1 is 0.636 bits per heavy atom. The molecular formula is C47H54N4OS3. The van der Waals surface area contributed by atoms with Gasteiger partial charge in [0, 0.05) is 71.4 Å². The Morgan fingerprint density at radius 3 is 1.47 bits per heavy atom. The molecule has 0 atom stereocenters. The van der Waals surface area contributed by atoms with Gasteiger partial charge in [-0.15, -0.1) is 11.3 Å². The molecule has 0 unspecified atom stereocenters. The van der Waals surface area contributed by atoms with Crippen LogP contribution in [-0.2, 0) is 26.5 Å². The highest BCUT2D eigenvalue weighted by atomic mass is 32.2. The number of amides is 1. The topological polar surface area (TPSA) is 30.0 Å². The molecule has 1 saturated heterocycles. The number of nitrogens with zero attached hydrogens (tertiary/aromatic N) is 4. The molecule has 1 aromatic heterocycles. The third-order valence-electron chi connectivity index (χ3n) is 13.6. The van der Waals surface area contributed by atoms with Crippen LogP contribution < -0.4 is 14.7 Å². The Bertz CT molecular complexity index is 2120. The average molecular weight is 787 g/mol. The van der Waals surface area contributed by atoms with E-state index in [2.05, 4.69) is 131 Å². The molecule has 6 heterocycles. The largest absolute Gasteiger partial charge is 0.371 e. The Morgan fingerprint density at radius 2 is 1.07 bits per heavy atom. The van der Waals surface area contributed by atoms with Gasteiger partial charge >= 0.3 is 0 Å². The van der Waals surface area contributed by atoms with Crippen molar-refractivity contribution in [2.24, 2.45) is 0 Å². The Balaban J connectivity index is 1.21. The van der Waals surface area contributed by atoms with E-state index in [0.29, 0.717) is 9.23 Å². The monoisotopic (exact) mass is 786 g/mol. The van der Waals surface area contributed by atoms with Crippen LogP contribution >= 0.6 is 35.3 Å². The molecule has 4 aromatic rings. The Hall–Kier alpha value is -3.59. The van der Waals surface area contributed by atoms with E-state index in [1.54, 1.807) is 23.3 Å². The van der Waals surface area contributed by atoms with Gasteiger partial charge in [0.15, 0.2) is 0 Å². The molecule has 5 aliphatic heterocycles. The number of anilines is 5. The molecule has 8 heteroatoms. The van der Waals surface area contributed by atoms with E-state index >= 15 is 0 Å². The minimum Gasteiger partial charge on any atom is -0.371 e. The summed E-state index contributed by atoms with van der Waals surface area (Å²) in [6.45, 7) is 24.1. The van der Waals surface area contributed by atoms with Gasteiger partial charge in [0.2, 0.25) is 0 Å². The third kappa shape index (κ3) is 6.08. The SMILES string of the molecule is CN1C(=O)/C(=C/c2ccc(-c3ccc(N(c4cc5c6c(c4)C(C)(C)CCN6CCC5(C)C)c4cc5c6c(c4)C(C)(C)CCN6CCC5(C)C)cc3)s2)SC1=S. The second-order valence-corrected chi connectivity index (χ2v) is 21.9. The number of benzene rings is 3. The molecule has 286 valence electrons. The zero-order valence-corrected chi connectivity index (χ0v) is 36.4. The first kappa shape index (κ1) is 37.0. The van der Waals surface area contributed by atoms with E-state index < -0.39 is 0 Å². The summed E-state index contributed by atoms with van der Waals surface area (Å²) in [5.74, 6) is -0.0268. The van der Waals surface area contributed by atoms with E-state index in [1.807, 2.05) is 6.08 Å². The predicted octanol–water partition coefficient (Wildman–Crippen LogP) is 12.1. The number of rotatable bonds is 5. The van der Waals surface area contributed by atoms with Crippen molar-refractivity contribution in [3.05, 3.63) is 92.7 Å². The fourth-order valence-corrected chi connectivity index (χ4v) is 11.8. The zero-order valence-electron chi connectivity index (χ0n) is 33.9. The van der Waals surface area contributed by atoms with Gasteiger partial charge in [0.25, 0.3) is 5.91 Å². The highest BCUT2D eigenvalue weighted by Gasteiger charge is 2.43. The molecule has 5 aliphatic rings. The summed E-state index contributed by atoms with van der Waals surface area (Å²) in [6, 6.07) is 23.6. The lowest BCUT2D eigenvalue weighted by Gasteiger charge is -2.49. The molecular weight excluding hydrogens is 733 g/mol. The first-order valence-electron chi connectivity index (χ1n) is 20.0. The summed E-state index contributed by atoms with van der Waals surface area (Å²) in [6.07, 6.45) is 6.63. The Labute approximate surface area is 341 Å². The first-order chi connectivity index (χ1) is 25.9. The normalized spacial score (nSPS) is 22.2. The van der Waals surface area contributed by atoms with Crippen molar-refractivity contribution in [1.29, 1.82) is 0 Å². The van der Waals surface area contributed by atoms with E-state index in [1.165, 1.54) is 72.9 Å². The molecule has 1 fully saturated rings. The number of thiocarbonyl (C=S) groups is 1. The van der Waals surface area contributed by atoms with Gasteiger partial charge in [0.05, 0.1) is 4.91 Å². The molecule has 9 rings (SSSR count). The number of hydrogen-bond acceptors (Lipinski definition) is 7. The van der Waals surface area contributed by atoms with Gasteiger partial charge in [-0.3, -0.25) is 9.69 Å². The highest BCUT2D eigenvalue weighted by molar-refractivity contribution is 8.26. The van der Waals surface area contributed by atoms with Crippen LogP contribution in [0.25, 0.3) is 16.5 Å². The standard InChI is InChI=1S/C47H54N4OS3/c1-44(2)16-20-49-21-17-45(3,4)35-25-31(24-34(44)40(35)49)51(32-26-36-41-37(27-32)47(7,8)19-23-50(41)22-18-46(36,5)6)30-12-10-29(11-13-30)38-15-14-33(54-38)28-39-42(52)48(9)43(53)55-39/h10-15,24-28H,16-23H2,1-9H3/b39-28-. The van der Waals surface area contributed by atoms with Gasteiger partial charge in [-0.05, 0) is 130 Å². The maximum Gasteiger partial charge on any atom is 0.265 e. The summed E-state index contributed by atoms with van der Waals surface area (Å²) >= 11 is 8.45. The van der Waals surface area contributed by atoms with Crippen molar-refractivity contribution >= 4 is 80.1 Å². The smallest absolute Gasteiger partial charge is 0.265 e. The van der Waals surface area contributed by atoms with Crippen LogP contribution in [0.3, 0.4) is 0 Å². The van der Waals surface area contributed by atoms with Crippen molar-refractivity contribution < 1.29 is 4.79 Å². The van der Waals surface area contributed by atoms with Crippen molar-refractivity contribution in [3.63, 3.8) is 0 Å². The second-order valence-electron chi connectivity index (χ2n) is 19.1. The average Bonchev–Trinajstić information content (AvgIpc) is 3.70. The van der Waals surface area contributed by atoms with Crippen LogP contribution in [0, 0.1) is 0 Å². The van der Waals surface area contributed by atoms with E-state index in [-0.39, 0.29) is 27.6 Å². The molecule has 55 heavy (non-hydrogen) atoms. The van der Waals surface area contributed by atoms with Gasteiger partial charge in [0.1, 0.15) is 4.32 Å². The molecule has 0 spiro atoms. The van der Waals surface area contributed by atoms with Crippen LogP contribution in [0.2, 0.25) is 0 Å². The molecule has 0 N–H and O–H groups in total. The molecule has 0 bridgehead atoms. The second kappa shape index (κ2) is 12.7. The fourth-order valence-electron chi connectivity index (χ4n) is 9.59. The van der Waals surface area contributed by atoms with Crippen molar-refractivity contribution in [1.82, 2.24) is 4.90 Å². The van der Waals surface area contributed by atoms with Crippen LogP contribution in [0.5, 0.6) is 0 Å². The van der Waals surface area contributed by atoms with Gasteiger partial charge in [-0.2, -0.15) is 0 Å². The molecule has 0 saturated carbocycles. The number of hydrogen-bond donors (Lipinski definition) is 0. The van der Waals surface area contributed by atoms with Crippen LogP contribution in [0.15, 0.2) is 65.6 Å². The van der Waals surface area contributed by atoms with Crippen molar-refractivity contribution in [3.8, 4) is 10.4 Å². The molecule has 0 radical (unpaired) electrons. The number of likely N-dealkylation sites (N-methyl/N-ethyl adjacent to an activating group) is 1. The third-order valence-corrected chi connectivity index (χ3v) is 16.1. The van der Waals surface area contributed by atoms with Crippen LogP contribution in [0.1, 0.15) is 108 Å². The number of carbonyl (C=O) groups is 1. The van der Waals surface area contributed by atoms with E-state index in [0.717, 1.165) is 56.7 Å². The first-order valence-corrected chi connectivity index (χ1v) is 22.1. The van der Waals surface area contributed by atoms with Crippen molar-refractivity contribution in [2.75, 3.05) is 47.9 Å². The number of thiophene rings is 1. The molecule has 3 aromatic carbocycles. The maximum absolute atomic E-state index is 12.7. The summed E-state index contributed by atoms with van der Waals surface area (Å²) in [5, 5.41) is 0. The van der Waals surface area contributed by atoms with Gasteiger partial charge in [-0.1, -0.05) is 91.5 Å². The van der Waals surface area contributed by atoms with Gasteiger partial charge in [-0.25, -0.2) is 0 Å². The number of carbonyl (C=O) groups excluding carboxylic acids is 1. The van der Waals surface area contributed by atoms with Crippen LogP contribution in [0.4, 0.5) is 28.4 Å². The maximum atomic E-state index is 12.7. The molecule has 0 aliphatic carbocycles.